The molecule has 4 nitrogen and oxygen atoms in total. The van der Waals surface area contributed by atoms with Crippen molar-refractivity contribution in [3.8, 4) is 0 Å². The van der Waals surface area contributed by atoms with E-state index in [1.54, 1.807) is 21.3 Å². The van der Waals surface area contributed by atoms with Crippen LogP contribution in [0.25, 0.3) is 0 Å². The molecule has 0 aromatic heterocycles. The monoisotopic (exact) mass is 240 g/mol. The first-order chi connectivity index (χ1) is 6.24. The zero-order chi connectivity index (χ0) is 10.2. The number of hydrogen-bond acceptors (Lipinski definition) is 4. The average molecular weight is 240 g/mol. The standard InChI is InChI=1S/C6H20O4Si3/c1-7-13(8-2,9-3)6-5-12-10-11-4/h5-6,11-12H2,1-4H3. The fourth-order valence-electron chi connectivity index (χ4n) is 1.09. The van der Waals surface area contributed by atoms with Crippen molar-refractivity contribution in [2.24, 2.45) is 0 Å². The summed E-state index contributed by atoms with van der Waals surface area (Å²) in [4.78, 5) is 0. The third-order valence-corrected chi connectivity index (χ3v) is 8.88. The summed E-state index contributed by atoms with van der Waals surface area (Å²) < 4.78 is 21.4. The van der Waals surface area contributed by atoms with E-state index < -0.39 is 8.80 Å². The maximum absolute atomic E-state index is 5.50. The van der Waals surface area contributed by atoms with Crippen molar-refractivity contribution in [1.29, 1.82) is 0 Å². The topological polar surface area (TPSA) is 36.9 Å². The summed E-state index contributed by atoms with van der Waals surface area (Å²) in [6.45, 7) is 2.15. The van der Waals surface area contributed by atoms with Gasteiger partial charge in [0.15, 0.2) is 0 Å². The Bertz CT molecular complexity index is 112. The average Bonchev–Trinajstić information content (AvgIpc) is 2.20. The lowest BCUT2D eigenvalue weighted by atomic mass is 11.0. The molecule has 0 aromatic rings. The van der Waals surface area contributed by atoms with Crippen molar-refractivity contribution in [1.82, 2.24) is 0 Å². The van der Waals surface area contributed by atoms with Crippen molar-refractivity contribution < 1.29 is 17.4 Å². The second kappa shape index (κ2) is 7.85. The Morgan fingerprint density at radius 2 is 1.62 bits per heavy atom. The normalized spacial score (nSPS) is 13.8. The quantitative estimate of drug-likeness (QED) is 0.424. The molecule has 0 radical (unpaired) electrons. The third-order valence-electron chi connectivity index (χ3n) is 1.91. The van der Waals surface area contributed by atoms with E-state index in [1.165, 1.54) is 0 Å². The van der Waals surface area contributed by atoms with Crippen LogP contribution in [0.3, 0.4) is 0 Å². The number of hydrogen-bond donors (Lipinski definition) is 0. The molecule has 0 rings (SSSR count). The minimum Gasteiger partial charge on any atom is -0.465 e. The van der Waals surface area contributed by atoms with Gasteiger partial charge in [0.1, 0.15) is 19.5 Å². The molecule has 0 heterocycles. The Balaban J connectivity index is 3.68. The zero-order valence-corrected chi connectivity index (χ0v) is 12.8. The Morgan fingerprint density at radius 1 is 1.08 bits per heavy atom. The molecule has 7 heteroatoms. The minimum absolute atomic E-state index is 0.214. The lowest BCUT2D eigenvalue weighted by Crippen LogP contribution is -2.42. The summed E-state index contributed by atoms with van der Waals surface area (Å²) in [5.74, 6) is 0. The summed E-state index contributed by atoms with van der Waals surface area (Å²) in [6, 6.07) is 1.97. The smallest absolute Gasteiger partial charge is 0.465 e. The van der Waals surface area contributed by atoms with Crippen molar-refractivity contribution in [2.75, 3.05) is 21.3 Å². The fourth-order valence-corrected chi connectivity index (χ4v) is 6.48. The molecule has 0 bridgehead atoms. The first kappa shape index (κ1) is 13.5. The summed E-state index contributed by atoms with van der Waals surface area (Å²) >= 11 is 0. The van der Waals surface area contributed by atoms with Crippen LogP contribution < -0.4 is 0 Å². The highest BCUT2D eigenvalue weighted by Gasteiger charge is 2.36. The molecule has 80 valence electrons. The van der Waals surface area contributed by atoms with Crippen molar-refractivity contribution in [3.05, 3.63) is 0 Å². The van der Waals surface area contributed by atoms with Crippen LogP contribution in [-0.4, -0.2) is 49.7 Å². The third kappa shape index (κ3) is 5.05. The highest BCUT2D eigenvalue weighted by Crippen LogP contribution is 2.14. The van der Waals surface area contributed by atoms with Crippen molar-refractivity contribution >= 4 is 28.3 Å². The van der Waals surface area contributed by atoms with E-state index in [-0.39, 0.29) is 19.5 Å². The van der Waals surface area contributed by atoms with Crippen molar-refractivity contribution in [3.63, 3.8) is 0 Å². The van der Waals surface area contributed by atoms with Crippen LogP contribution >= 0.6 is 0 Å². The lowest BCUT2D eigenvalue weighted by Gasteiger charge is -2.23. The van der Waals surface area contributed by atoms with Gasteiger partial charge in [-0.25, -0.2) is 0 Å². The predicted molar refractivity (Wildman–Crippen MR) is 60.4 cm³/mol. The second-order valence-corrected chi connectivity index (χ2v) is 9.01. The van der Waals surface area contributed by atoms with Gasteiger partial charge in [-0.3, -0.25) is 0 Å². The first-order valence-electron chi connectivity index (χ1n) is 4.48. The minimum atomic E-state index is -2.30. The molecule has 0 aliphatic heterocycles. The Hall–Kier alpha value is 0.491. The maximum Gasteiger partial charge on any atom is 0.499 e. The number of rotatable bonds is 8. The van der Waals surface area contributed by atoms with Crippen LogP contribution in [0.15, 0.2) is 0 Å². The largest absolute Gasteiger partial charge is 0.499 e. The van der Waals surface area contributed by atoms with E-state index in [0.29, 0.717) is 0 Å². The summed E-state index contributed by atoms with van der Waals surface area (Å²) in [6.07, 6.45) is 0. The van der Waals surface area contributed by atoms with E-state index in [0.717, 1.165) is 12.1 Å². The highest BCUT2D eigenvalue weighted by molar-refractivity contribution is 6.61. The predicted octanol–water partition coefficient (Wildman–Crippen LogP) is -0.485. The molecule has 13 heavy (non-hydrogen) atoms. The summed E-state index contributed by atoms with van der Waals surface area (Å²) in [5.41, 5.74) is 0. The van der Waals surface area contributed by atoms with E-state index in [2.05, 4.69) is 6.55 Å². The van der Waals surface area contributed by atoms with Gasteiger partial charge >= 0.3 is 8.80 Å². The fraction of sp³-hybridized carbons (Fsp3) is 1.00. The van der Waals surface area contributed by atoms with Crippen LogP contribution in [0, 0.1) is 0 Å². The van der Waals surface area contributed by atoms with Gasteiger partial charge in [-0.05, 0) is 6.04 Å². The maximum atomic E-state index is 5.50. The van der Waals surface area contributed by atoms with Gasteiger partial charge in [0.25, 0.3) is 0 Å². The van der Waals surface area contributed by atoms with E-state index >= 15 is 0 Å². The molecule has 0 spiro atoms. The van der Waals surface area contributed by atoms with Gasteiger partial charge in [0, 0.05) is 27.4 Å². The molecule has 0 amide bonds. The van der Waals surface area contributed by atoms with Crippen LogP contribution in [0.1, 0.15) is 0 Å². The molecule has 0 aliphatic rings. The lowest BCUT2D eigenvalue weighted by molar-refractivity contribution is 0.125. The van der Waals surface area contributed by atoms with Crippen LogP contribution in [-0.2, 0) is 17.4 Å². The van der Waals surface area contributed by atoms with Gasteiger partial charge in [0.2, 0.25) is 0 Å². The molecule has 0 saturated heterocycles. The molecule has 0 atom stereocenters. The van der Waals surface area contributed by atoms with E-state index in [1.807, 2.05) is 0 Å². The molecular formula is C6H20O4Si3. The van der Waals surface area contributed by atoms with Gasteiger partial charge < -0.3 is 17.4 Å². The Labute approximate surface area is 86.2 Å². The molecule has 0 aromatic carbocycles. The molecule has 0 saturated carbocycles. The van der Waals surface area contributed by atoms with Gasteiger partial charge in [0.05, 0.1) is 0 Å². The van der Waals surface area contributed by atoms with E-state index in [4.69, 9.17) is 17.4 Å². The Kier molecular flexibility index (Phi) is 8.15. The van der Waals surface area contributed by atoms with Crippen molar-refractivity contribution in [2.45, 2.75) is 18.6 Å². The highest BCUT2D eigenvalue weighted by atomic mass is 28.4. The van der Waals surface area contributed by atoms with Gasteiger partial charge in [-0.1, -0.05) is 6.55 Å². The molecule has 0 N–H and O–H groups in total. The summed E-state index contributed by atoms with van der Waals surface area (Å²) in [5, 5.41) is 0. The first-order valence-corrected chi connectivity index (χ1v) is 9.98. The zero-order valence-electron chi connectivity index (χ0n) is 8.96. The SMILES string of the molecule is CO[Si](CC[SiH2]O[SiH2]C)(OC)OC. The van der Waals surface area contributed by atoms with Crippen LogP contribution in [0.4, 0.5) is 0 Å². The summed E-state index contributed by atoms with van der Waals surface area (Å²) in [7, 11) is 2.10. The van der Waals surface area contributed by atoms with Crippen LogP contribution in [0.2, 0.25) is 18.6 Å². The van der Waals surface area contributed by atoms with Gasteiger partial charge in [-0.2, -0.15) is 0 Å². The molecule has 0 aliphatic carbocycles. The van der Waals surface area contributed by atoms with Gasteiger partial charge in [-0.15, -0.1) is 0 Å². The second-order valence-electron chi connectivity index (χ2n) is 2.60. The molecule has 0 unspecified atom stereocenters. The van der Waals surface area contributed by atoms with Crippen LogP contribution in [0.5, 0.6) is 0 Å². The molecule has 0 fully saturated rings. The Morgan fingerprint density at radius 3 is 2.00 bits per heavy atom. The molecular weight excluding hydrogens is 220 g/mol. The van der Waals surface area contributed by atoms with E-state index in [9.17, 15) is 0 Å².